The second-order valence-corrected chi connectivity index (χ2v) is 2.82. The van der Waals surface area contributed by atoms with Gasteiger partial charge >= 0.3 is 0 Å². The molecule has 0 amide bonds. The van der Waals surface area contributed by atoms with Crippen LogP contribution in [0.5, 0.6) is 0 Å². The van der Waals surface area contributed by atoms with E-state index in [1.807, 2.05) is 6.07 Å². The van der Waals surface area contributed by atoms with Crippen molar-refractivity contribution >= 4 is 0 Å². The number of aromatic amines is 1. The second-order valence-electron chi connectivity index (χ2n) is 2.82. The smallest absolute Gasteiger partial charge is 0.247 e. The first-order valence-corrected chi connectivity index (χ1v) is 4.22. The monoisotopic (exact) mass is 198 g/mol. The minimum atomic E-state index is -0.185. The van der Waals surface area contributed by atoms with Crippen molar-refractivity contribution in [1.29, 1.82) is 5.26 Å². The van der Waals surface area contributed by atoms with Gasteiger partial charge in [0, 0.05) is 24.0 Å². The molecule has 5 heteroatoms. The molecule has 0 aromatic carbocycles. The summed E-state index contributed by atoms with van der Waals surface area (Å²) in [6.45, 7) is 0. The number of H-pyrrole nitrogens is 1. The molecule has 0 bridgehead atoms. The molecule has 72 valence electrons. The molecular weight excluding hydrogens is 192 g/mol. The zero-order valence-corrected chi connectivity index (χ0v) is 7.64. The topological polar surface area (TPSA) is 82.4 Å². The van der Waals surface area contributed by atoms with Crippen molar-refractivity contribution in [2.75, 3.05) is 0 Å². The Bertz CT molecular complexity index is 562. The van der Waals surface area contributed by atoms with Gasteiger partial charge in [0.05, 0.1) is 0 Å². The molecule has 0 aliphatic heterocycles. The number of hydrogen-bond donors (Lipinski definition) is 1. The molecular formula is C10H6N4O. The normalized spacial score (nSPS) is 9.53. The average Bonchev–Trinajstić information content (AvgIpc) is 2.30. The van der Waals surface area contributed by atoms with Gasteiger partial charge < -0.3 is 4.98 Å². The maximum atomic E-state index is 10.8. The predicted octanol–water partition coefficient (Wildman–Crippen LogP) is 0.704. The maximum absolute atomic E-state index is 10.8. The van der Waals surface area contributed by atoms with E-state index in [1.165, 1.54) is 24.5 Å². The average molecular weight is 198 g/mol. The van der Waals surface area contributed by atoms with E-state index in [0.717, 1.165) is 0 Å². The van der Waals surface area contributed by atoms with E-state index in [0.29, 0.717) is 17.1 Å². The quantitative estimate of drug-likeness (QED) is 0.731. The Balaban J connectivity index is 2.50. The number of nitrogens with one attached hydrogen (secondary N) is 1. The zero-order chi connectivity index (χ0) is 10.7. The van der Waals surface area contributed by atoms with Gasteiger partial charge in [0.1, 0.15) is 11.8 Å². The molecule has 0 fully saturated rings. The van der Waals surface area contributed by atoms with Crippen LogP contribution in [0, 0.1) is 11.3 Å². The Labute approximate surface area is 85.1 Å². The lowest BCUT2D eigenvalue weighted by Gasteiger charge is -1.97. The van der Waals surface area contributed by atoms with Gasteiger partial charge in [-0.15, -0.1) is 0 Å². The summed E-state index contributed by atoms with van der Waals surface area (Å²) in [6, 6.07) is 6.44. The summed E-state index contributed by atoms with van der Waals surface area (Å²) in [5, 5.41) is 8.65. The van der Waals surface area contributed by atoms with Gasteiger partial charge in [-0.2, -0.15) is 5.26 Å². The van der Waals surface area contributed by atoms with Gasteiger partial charge in [-0.25, -0.2) is 9.97 Å². The first-order chi connectivity index (χ1) is 7.29. The molecule has 0 spiro atoms. The molecule has 2 heterocycles. The van der Waals surface area contributed by atoms with E-state index in [4.69, 9.17) is 5.26 Å². The summed E-state index contributed by atoms with van der Waals surface area (Å²) in [6.07, 6.45) is 3.02. The van der Waals surface area contributed by atoms with Crippen molar-refractivity contribution in [3.05, 3.63) is 46.6 Å². The third-order valence-electron chi connectivity index (χ3n) is 1.81. The van der Waals surface area contributed by atoms with Crippen LogP contribution in [0.1, 0.15) is 5.69 Å². The van der Waals surface area contributed by atoms with Crippen LogP contribution in [0.2, 0.25) is 0 Å². The number of aromatic nitrogens is 3. The van der Waals surface area contributed by atoms with Crippen LogP contribution in [0.15, 0.2) is 35.4 Å². The van der Waals surface area contributed by atoms with E-state index in [9.17, 15) is 4.79 Å². The number of nitriles is 1. The summed E-state index contributed by atoms with van der Waals surface area (Å²) in [5.74, 6) is 0.422. The number of nitrogens with zero attached hydrogens (tertiary/aromatic N) is 3. The molecule has 0 aliphatic carbocycles. The molecule has 1 N–H and O–H groups in total. The lowest BCUT2D eigenvalue weighted by Crippen LogP contribution is -2.02. The van der Waals surface area contributed by atoms with Crippen LogP contribution in [0.25, 0.3) is 11.4 Å². The fraction of sp³-hybridized carbons (Fsp3) is 0. The first kappa shape index (κ1) is 9.09. The Morgan fingerprint density at radius 1 is 1.33 bits per heavy atom. The molecule has 0 radical (unpaired) electrons. The third-order valence-corrected chi connectivity index (χ3v) is 1.81. The van der Waals surface area contributed by atoms with Crippen LogP contribution in [-0.2, 0) is 0 Å². The maximum Gasteiger partial charge on any atom is 0.247 e. The van der Waals surface area contributed by atoms with Crippen molar-refractivity contribution in [3.63, 3.8) is 0 Å². The molecule has 0 aliphatic rings. The highest BCUT2D eigenvalue weighted by Gasteiger charge is 2.01. The molecule has 0 atom stereocenters. The Morgan fingerprint density at radius 3 is 2.87 bits per heavy atom. The molecule has 2 aromatic heterocycles. The van der Waals surface area contributed by atoms with Gasteiger partial charge in [0.2, 0.25) is 5.56 Å². The molecule has 2 rings (SSSR count). The lowest BCUT2D eigenvalue weighted by atomic mass is 10.2. The summed E-state index contributed by atoms with van der Waals surface area (Å²) in [5.41, 5.74) is 0.785. The van der Waals surface area contributed by atoms with Crippen LogP contribution in [0.3, 0.4) is 0 Å². The minimum Gasteiger partial charge on any atom is -0.328 e. The highest BCUT2D eigenvalue weighted by atomic mass is 16.1. The van der Waals surface area contributed by atoms with Gasteiger partial charge in [-0.3, -0.25) is 4.79 Å². The first-order valence-electron chi connectivity index (χ1n) is 4.22. The van der Waals surface area contributed by atoms with Crippen molar-refractivity contribution in [3.8, 4) is 17.5 Å². The van der Waals surface area contributed by atoms with Crippen LogP contribution in [-0.4, -0.2) is 15.0 Å². The fourth-order valence-electron chi connectivity index (χ4n) is 1.11. The number of pyridine rings is 1. The van der Waals surface area contributed by atoms with Crippen molar-refractivity contribution in [2.24, 2.45) is 0 Å². The van der Waals surface area contributed by atoms with Gasteiger partial charge in [0.25, 0.3) is 0 Å². The summed E-state index contributed by atoms with van der Waals surface area (Å²) >= 11 is 0. The van der Waals surface area contributed by atoms with Gasteiger partial charge in [0.15, 0.2) is 5.82 Å². The Kier molecular flexibility index (Phi) is 2.25. The van der Waals surface area contributed by atoms with Crippen molar-refractivity contribution < 1.29 is 0 Å². The summed E-state index contributed by atoms with van der Waals surface area (Å²) in [4.78, 5) is 21.3. The Morgan fingerprint density at radius 2 is 2.20 bits per heavy atom. The standard InChI is InChI=1S/C10H6N4O/c11-5-8-3-4-12-10(14-8)7-1-2-9(15)13-6-7/h1-4,6H,(H,13,15). The van der Waals surface area contributed by atoms with E-state index in [2.05, 4.69) is 15.0 Å². The van der Waals surface area contributed by atoms with E-state index in [-0.39, 0.29) is 5.56 Å². The van der Waals surface area contributed by atoms with Crippen LogP contribution >= 0.6 is 0 Å². The highest BCUT2D eigenvalue weighted by Crippen LogP contribution is 2.10. The van der Waals surface area contributed by atoms with Crippen LogP contribution < -0.4 is 5.56 Å². The molecule has 5 nitrogen and oxygen atoms in total. The minimum absolute atomic E-state index is 0.185. The van der Waals surface area contributed by atoms with Gasteiger partial charge in [-0.05, 0) is 12.1 Å². The summed E-state index contributed by atoms with van der Waals surface area (Å²) < 4.78 is 0. The molecule has 0 saturated carbocycles. The van der Waals surface area contributed by atoms with E-state index in [1.54, 1.807) is 6.07 Å². The number of hydrogen-bond acceptors (Lipinski definition) is 4. The van der Waals surface area contributed by atoms with Crippen molar-refractivity contribution in [1.82, 2.24) is 15.0 Å². The molecule has 15 heavy (non-hydrogen) atoms. The highest BCUT2D eigenvalue weighted by molar-refractivity contribution is 5.53. The molecule has 0 unspecified atom stereocenters. The van der Waals surface area contributed by atoms with Crippen LogP contribution in [0.4, 0.5) is 0 Å². The van der Waals surface area contributed by atoms with E-state index >= 15 is 0 Å². The van der Waals surface area contributed by atoms with Gasteiger partial charge in [-0.1, -0.05) is 0 Å². The third kappa shape index (κ3) is 1.89. The second kappa shape index (κ2) is 3.72. The largest absolute Gasteiger partial charge is 0.328 e. The number of rotatable bonds is 1. The fourth-order valence-corrected chi connectivity index (χ4v) is 1.11. The SMILES string of the molecule is N#Cc1ccnc(-c2ccc(=O)[nH]c2)n1. The zero-order valence-electron chi connectivity index (χ0n) is 7.64. The predicted molar refractivity (Wildman–Crippen MR) is 52.8 cm³/mol. The van der Waals surface area contributed by atoms with Crippen molar-refractivity contribution in [2.45, 2.75) is 0 Å². The summed E-state index contributed by atoms with van der Waals surface area (Å²) in [7, 11) is 0. The molecule has 2 aromatic rings. The molecule has 0 saturated heterocycles. The lowest BCUT2D eigenvalue weighted by molar-refractivity contribution is 1.13. The van der Waals surface area contributed by atoms with E-state index < -0.39 is 0 Å². The Hall–Kier alpha value is -2.48.